The third kappa shape index (κ3) is 2.69. The number of hydrogen-bond donors (Lipinski definition) is 0. The van der Waals surface area contributed by atoms with E-state index in [0.717, 1.165) is 32.4 Å². The van der Waals surface area contributed by atoms with Crippen LogP contribution in [0.5, 0.6) is 0 Å². The first-order valence-corrected chi connectivity index (χ1v) is 8.38. The van der Waals surface area contributed by atoms with Crippen LogP contribution in [0.4, 0.5) is 10.1 Å². The summed E-state index contributed by atoms with van der Waals surface area (Å²) in [5.74, 6) is -0.323. The third-order valence-electron chi connectivity index (χ3n) is 5.07. The zero-order valence-corrected chi connectivity index (χ0v) is 13.4. The molecule has 2 fully saturated rings. The van der Waals surface area contributed by atoms with Crippen molar-refractivity contribution in [1.82, 2.24) is 19.7 Å². The fraction of sp³-hybridized carbons (Fsp3) is 0.471. The van der Waals surface area contributed by atoms with Crippen LogP contribution in [0.15, 0.2) is 36.9 Å². The average Bonchev–Trinajstić information content (AvgIpc) is 3.26. The van der Waals surface area contributed by atoms with E-state index in [0.29, 0.717) is 18.3 Å². The fourth-order valence-corrected chi connectivity index (χ4v) is 3.78. The van der Waals surface area contributed by atoms with E-state index >= 15 is 0 Å². The minimum Gasteiger partial charge on any atom is -0.308 e. The van der Waals surface area contributed by atoms with E-state index < -0.39 is 0 Å². The van der Waals surface area contributed by atoms with Crippen LogP contribution in [0.2, 0.25) is 0 Å². The number of rotatable bonds is 3. The molecule has 7 heteroatoms. The molecule has 0 spiro atoms. The molecule has 1 atom stereocenters. The van der Waals surface area contributed by atoms with E-state index in [4.69, 9.17) is 0 Å². The van der Waals surface area contributed by atoms with Crippen LogP contribution in [0.3, 0.4) is 0 Å². The molecule has 0 bridgehead atoms. The van der Waals surface area contributed by atoms with Crippen LogP contribution >= 0.6 is 0 Å². The van der Waals surface area contributed by atoms with Crippen molar-refractivity contribution in [2.45, 2.75) is 31.3 Å². The molecule has 2 aromatic rings. The summed E-state index contributed by atoms with van der Waals surface area (Å²) in [6.07, 6.45) is 5.96. The maximum absolute atomic E-state index is 14.0. The maximum atomic E-state index is 14.0. The van der Waals surface area contributed by atoms with Gasteiger partial charge in [0.15, 0.2) is 0 Å². The van der Waals surface area contributed by atoms with Crippen molar-refractivity contribution in [1.29, 1.82) is 0 Å². The molecule has 0 aliphatic carbocycles. The lowest BCUT2D eigenvalue weighted by Crippen LogP contribution is -2.46. The second kappa shape index (κ2) is 6.32. The molecule has 2 aliphatic rings. The summed E-state index contributed by atoms with van der Waals surface area (Å²) in [6.45, 7) is 2.28. The summed E-state index contributed by atoms with van der Waals surface area (Å²) in [5.41, 5.74) is 0.391. The van der Waals surface area contributed by atoms with Crippen LogP contribution < -0.4 is 4.90 Å². The van der Waals surface area contributed by atoms with Crippen LogP contribution in [0.1, 0.15) is 25.3 Å². The molecule has 1 aromatic carbocycles. The molecule has 2 aliphatic heterocycles. The SMILES string of the molecule is O=C1[C@@H](N2CCC(n3cncn3)CC2)CCN1c1ccccc1F. The summed E-state index contributed by atoms with van der Waals surface area (Å²) in [4.78, 5) is 20.6. The molecule has 0 N–H and O–H groups in total. The molecule has 0 saturated carbocycles. The van der Waals surface area contributed by atoms with Crippen LogP contribution in [-0.4, -0.2) is 51.2 Å². The van der Waals surface area contributed by atoms with Gasteiger partial charge in [-0.25, -0.2) is 14.1 Å². The number of aromatic nitrogens is 3. The summed E-state index contributed by atoms with van der Waals surface area (Å²) < 4.78 is 15.9. The molecule has 4 rings (SSSR count). The van der Waals surface area contributed by atoms with Gasteiger partial charge in [0.1, 0.15) is 18.5 Å². The molecule has 1 amide bonds. The van der Waals surface area contributed by atoms with Crippen LogP contribution in [0.25, 0.3) is 0 Å². The number of piperidine rings is 1. The van der Waals surface area contributed by atoms with E-state index in [1.54, 1.807) is 35.8 Å². The van der Waals surface area contributed by atoms with Gasteiger partial charge in [0.05, 0.1) is 17.8 Å². The van der Waals surface area contributed by atoms with E-state index in [1.807, 2.05) is 4.68 Å². The Morgan fingerprint density at radius 3 is 2.58 bits per heavy atom. The quantitative estimate of drug-likeness (QED) is 0.862. The van der Waals surface area contributed by atoms with Crippen molar-refractivity contribution in [3.63, 3.8) is 0 Å². The summed E-state index contributed by atoms with van der Waals surface area (Å²) >= 11 is 0. The first-order valence-electron chi connectivity index (χ1n) is 8.38. The lowest BCUT2D eigenvalue weighted by molar-refractivity contribution is -0.122. The number of para-hydroxylation sites is 1. The van der Waals surface area contributed by atoms with Gasteiger partial charge < -0.3 is 4.90 Å². The van der Waals surface area contributed by atoms with Crippen molar-refractivity contribution >= 4 is 11.6 Å². The van der Waals surface area contributed by atoms with Crippen molar-refractivity contribution in [2.24, 2.45) is 0 Å². The Kier molecular flexibility index (Phi) is 4.02. The van der Waals surface area contributed by atoms with E-state index in [1.165, 1.54) is 6.07 Å². The Morgan fingerprint density at radius 1 is 1.08 bits per heavy atom. The van der Waals surface area contributed by atoms with Crippen molar-refractivity contribution in [3.05, 3.63) is 42.7 Å². The standard InChI is InChI=1S/C17H20FN5O/c18-14-3-1-2-4-15(14)22-10-7-16(17(22)24)21-8-5-13(6-9-21)23-12-19-11-20-23/h1-4,11-13,16H,5-10H2/t16-/m0/s1. The normalized spacial score (nSPS) is 23.1. The van der Waals surface area contributed by atoms with Gasteiger partial charge in [-0.3, -0.25) is 9.69 Å². The zero-order chi connectivity index (χ0) is 16.5. The van der Waals surface area contributed by atoms with Gasteiger partial charge in [-0.05, 0) is 31.4 Å². The molecule has 2 saturated heterocycles. The van der Waals surface area contributed by atoms with Gasteiger partial charge in [0, 0.05) is 19.6 Å². The Hall–Kier alpha value is -2.28. The van der Waals surface area contributed by atoms with Gasteiger partial charge in [-0.15, -0.1) is 0 Å². The molecular formula is C17H20FN5O. The zero-order valence-electron chi connectivity index (χ0n) is 13.4. The van der Waals surface area contributed by atoms with Gasteiger partial charge in [-0.2, -0.15) is 5.10 Å². The number of likely N-dealkylation sites (tertiary alicyclic amines) is 1. The van der Waals surface area contributed by atoms with Gasteiger partial charge in [-0.1, -0.05) is 12.1 Å². The Labute approximate surface area is 139 Å². The highest BCUT2D eigenvalue weighted by molar-refractivity contribution is 5.99. The number of amides is 1. The molecule has 1 aromatic heterocycles. The predicted octanol–water partition coefficient (Wildman–Crippen LogP) is 1.86. The lowest BCUT2D eigenvalue weighted by atomic mass is 10.0. The van der Waals surface area contributed by atoms with Crippen molar-refractivity contribution in [3.8, 4) is 0 Å². The van der Waals surface area contributed by atoms with Gasteiger partial charge in [0.2, 0.25) is 5.91 Å². The van der Waals surface area contributed by atoms with E-state index in [9.17, 15) is 9.18 Å². The summed E-state index contributed by atoms with van der Waals surface area (Å²) in [7, 11) is 0. The molecule has 24 heavy (non-hydrogen) atoms. The van der Waals surface area contributed by atoms with E-state index in [2.05, 4.69) is 15.0 Å². The first kappa shape index (κ1) is 15.3. The number of carbonyl (C=O) groups excluding carboxylic acids is 1. The average molecular weight is 329 g/mol. The summed E-state index contributed by atoms with van der Waals surface area (Å²) in [5, 5.41) is 4.21. The number of benzene rings is 1. The smallest absolute Gasteiger partial charge is 0.244 e. The van der Waals surface area contributed by atoms with Crippen molar-refractivity contribution < 1.29 is 9.18 Å². The number of anilines is 1. The topological polar surface area (TPSA) is 54.3 Å². The molecule has 6 nitrogen and oxygen atoms in total. The monoisotopic (exact) mass is 329 g/mol. The minimum absolute atomic E-state index is 0.0132. The number of carbonyl (C=O) groups is 1. The minimum atomic E-state index is -0.337. The number of halogens is 1. The Balaban J connectivity index is 1.42. The number of nitrogens with zero attached hydrogens (tertiary/aromatic N) is 5. The molecule has 126 valence electrons. The Bertz CT molecular complexity index is 712. The van der Waals surface area contributed by atoms with Crippen LogP contribution in [-0.2, 0) is 4.79 Å². The Morgan fingerprint density at radius 2 is 1.88 bits per heavy atom. The fourth-order valence-electron chi connectivity index (χ4n) is 3.78. The third-order valence-corrected chi connectivity index (χ3v) is 5.07. The molecule has 3 heterocycles. The second-order valence-electron chi connectivity index (χ2n) is 6.39. The maximum Gasteiger partial charge on any atom is 0.244 e. The second-order valence-corrected chi connectivity index (χ2v) is 6.39. The van der Waals surface area contributed by atoms with E-state index in [-0.39, 0.29) is 17.8 Å². The summed E-state index contributed by atoms with van der Waals surface area (Å²) in [6, 6.07) is 6.70. The largest absolute Gasteiger partial charge is 0.308 e. The highest BCUT2D eigenvalue weighted by Crippen LogP contribution is 2.30. The first-order chi connectivity index (χ1) is 11.7. The molecular weight excluding hydrogens is 309 g/mol. The molecule has 0 radical (unpaired) electrons. The predicted molar refractivity (Wildman–Crippen MR) is 87.0 cm³/mol. The van der Waals surface area contributed by atoms with Gasteiger partial charge >= 0.3 is 0 Å². The lowest BCUT2D eigenvalue weighted by Gasteiger charge is -2.35. The highest BCUT2D eigenvalue weighted by Gasteiger charge is 2.38. The highest BCUT2D eigenvalue weighted by atomic mass is 19.1. The number of hydrogen-bond acceptors (Lipinski definition) is 4. The van der Waals surface area contributed by atoms with Crippen molar-refractivity contribution in [2.75, 3.05) is 24.5 Å². The molecule has 0 unspecified atom stereocenters. The van der Waals surface area contributed by atoms with Gasteiger partial charge in [0.25, 0.3) is 0 Å². The van der Waals surface area contributed by atoms with Crippen LogP contribution in [0, 0.1) is 5.82 Å².